The molecule has 1 aliphatic rings. The highest BCUT2D eigenvalue weighted by atomic mass is 35.5. The van der Waals surface area contributed by atoms with Crippen LogP contribution in [0.15, 0.2) is 18.2 Å². The van der Waals surface area contributed by atoms with Gasteiger partial charge in [-0.15, -0.1) is 0 Å². The summed E-state index contributed by atoms with van der Waals surface area (Å²) in [5, 5.41) is 3.99. The summed E-state index contributed by atoms with van der Waals surface area (Å²) in [4.78, 5) is 0. The summed E-state index contributed by atoms with van der Waals surface area (Å²) in [6, 6.07) is 5.02. The highest BCUT2D eigenvalue weighted by Gasteiger charge is 2.31. The van der Waals surface area contributed by atoms with Gasteiger partial charge in [-0.2, -0.15) is 0 Å². The molecule has 0 radical (unpaired) electrons. The van der Waals surface area contributed by atoms with Gasteiger partial charge in [0.05, 0.1) is 0 Å². The van der Waals surface area contributed by atoms with E-state index in [1.807, 2.05) is 0 Å². The minimum absolute atomic E-state index is 0.0809. The number of hydrogen-bond acceptors (Lipinski definition) is 1. The van der Waals surface area contributed by atoms with Crippen molar-refractivity contribution in [2.75, 3.05) is 6.54 Å². The van der Waals surface area contributed by atoms with E-state index in [1.165, 1.54) is 25.3 Å². The molecule has 0 aliphatic heterocycles. The Hall–Kier alpha value is -0.600. The molecular weight excluding hydrogens is 237 g/mol. The van der Waals surface area contributed by atoms with Crippen LogP contribution in [0.1, 0.15) is 44.2 Å². The second-order valence-corrected chi connectivity index (χ2v) is 5.17. The molecule has 1 nitrogen and oxygen atoms in total. The van der Waals surface area contributed by atoms with Crippen LogP contribution in [0.3, 0.4) is 0 Å². The van der Waals surface area contributed by atoms with Gasteiger partial charge in [0.15, 0.2) is 0 Å². The minimum Gasteiger partial charge on any atom is -0.310 e. The molecule has 1 fully saturated rings. The lowest BCUT2D eigenvalue weighted by Crippen LogP contribution is -2.33. The monoisotopic (exact) mass is 255 g/mol. The molecule has 1 N–H and O–H groups in total. The Bertz CT molecular complexity index is 356. The molecule has 1 saturated carbocycles. The zero-order chi connectivity index (χ0) is 12.3. The van der Waals surface area contributed by atoms with Crippen LogP contribution in [0.25, 0.3) is 0 Å². The first-order valence-corrected chi connectivity index (χ1v) is 6.79. The number of rotatable bonds is 5. The second kappa shape index (κ2) is 5.83. The van der Waals surface area contributed by atoms with E-state index in [0.29, 0.717) is 16.5 Å². The van der Waals surface area contributed by atoms with E-state index in [2.05, 4.69) is 12.2 Å². The molecule has 0 spiro atoms. The second-order valence-electron chi connectivity index (χ2n) is 4.76. The Kier molecular flexibility index (Phi) is 4.41. The van der Waals surface area contributed by atoms with Gasteiger partial charge in [-0.1, -0.05) is 31.0 Å². The third-order valence-electron chi connectivity index (χ3n) is 3.55. The Morgan fingerprint density at radius 1 is 1.47 bits per heavy atom. The first-order valence-electron chi connectivity index (χ1n) is 6.41. The Balaban J connectivity index is 2.24. The Morgan fingerprint density at radius 2 is 2.24 bits per heavy atom. The van der Waals surface area contributed by atoms with Gasteiger partial charge in [0.2, 0.25) is 0 Å². The van der Waals surface area contributed by atoms with Crippen molar-refractivity contribution in [2.45, 2.75) is 38.6 Å². The Labute approximate surface area is 107 Å². The van der Waals surface area contributed by atoms with Crippen molar-refractivity contribution in [1.29, 1.82) is 0 Å². The van der Waals surface area contributed by atoms with Crippen LogP contribution >= 0.6 is 11.6 Å². The van der Waals surface area contributed by atoms with E-state index in [9.17, 15) is 4.39 Å². The molecule has 1 aromatic carbocycles. The summed E-state index contributed by atoms with van der Waals surface area (Å²) in [7, 11) is 0. The van der Waals surface area contributed by atoms with Crippen LogP contribution in [0, 0.1) is 11.7 Å². The van der Waals surface area contributed by atoms with E-state index in [-0.39, 0.29) is 11.9 Å². The molecule has 0 bridgehead atoms. The van der Waals surface area contributed by atoms with Crippen LogP contribution in [0.2, 0.25) is 5.02 Å². The quantitative estimate of drug-likeness (QED) is 0.826. The maximum absolute atomic E-state index is 13.9. The lowest BCUT2D eigenvalue weighted by molar-refractivity contribution is 0.227. The normalized spacial score (nSPS) is 17.8. The summed E-state index contributed by atoms with van der Waals surface area (Å²) in [5.41, 5.74) is 0.660. The van der Waals surface area contributed by atoms with Crippen LogP contribution < -0.4 is 5.32 Å². The zero-order valence-electron chi connectivity index (χ0n) is 10.2. The average Bonchev–Trinajstić information content (AvgIpc) is 2.22. The van der Waals surface area contributed by atoms with Crippen molar-refractivity contribution < 1.29 is 4.39 Å². The van der Waals surface area contributed by atoms with Crippen LogP contribution in [0.5, 0.6) is 0 Å². The summed E-state index contributed by atoms with van der Waals surface area (Å²) in [6.07, 6.45) is 4.65. The van der Waals surface area contributed by atoms with Crippen molar-refractivity contribution in [2.24, 2.45) is 5.92 Å². The van der Waals surface area contributed by atoms with Gasteiger partial charge in [0.25, 0.3) is 0 Å². The molecule has 1 aliphatic carbocycles. The molecule has 0 aromatic heterocycles. The number of halogens is 2. The van der Waals surface area contributed by atoms with Crippen molar-refractivity contribution >= 4 is 11.6 Å². The fourth-order valence-corrected chi connectivity index (χ4v) is 2.67. The molecule has 0 amide bonds. The van der Waals surface area contributed by atoms with E-state index < -0.39 is 0 Å². The van der Waals surface area contributed by atoms with Crippen molar-refractivity contribution in [1.82, 2.24) is 5.32 Å². The van der Waals surface area contributed by atoms with Gasteiger partial charge in [-0.05, 0) is 43.9 Å². The SMILES string of the molecule is CCCNC(c1c(F)cccc1Cl)C1CCC1. The molecule has 17 heavy (non-hydrogen) atoms. The lowest BCUT2D eigenvalue weighted by Gasteiger charge is -2.35. The Morgan fingerprint density at radius 3 is 2.76 bits per heavy atom. The zero-order valence-corrected chi connectivity index (χ0v) is 10.9. The third kappa shape index (κ3) is 2.80. The molecular formula is C14H19ClFN. The molecule has 1 atom stereocenters. The summed E-state index contributed by atoms with van der Waals surface area (Å²) in [5.74, 6) is 0.356. The van der Waals surface area contributed by atoms with Crippen molar-refractivity contribution in [3.8, 4) is 0 Å². The fraction of sp³-hybridized carbons (Fsp3) is 0.571. The summed E-state index contributed by atoms with van der Waals surface area (Å²) >= 11 is 6.15. The van der Waals surface area contributed by atoms with Crippen molar-refractivity contribution in [3.63, 3.8) is 0 Å². The molecule has 2 rings (SSSR count). The molecule has 1 aromatic rings. The van der Waals surface area contributed by atoms with Crippen molar-refractivity contribution in [3.05, 3.63) is 34.6 Å². The highest BCUT2D eigenvalue weighted by Crippen LogP contribution is 2.40. The van der Waals surface area contributed by atoms with E-state index >= 15 is 0 Å². The van der Waals surface area contributed by atoms with Gasteiger partial charge < -0.3 is 5.32 Å². The maximum Gasteiger partial charge on any atom is 0.129 e. The average molecular weight is 256 g/mol. The molecule has 0 heterocycles. The third-order valence-corrected chi connectivity index (χ3v) is 3.88. The van der Waals surface area contributed by atoms with Gasteiger partial charge in [-0.3, -0.25) is 0 Å². The predicted octanol–water partition coefficient (Wildman–Crippen LogP) is 4.32. The molecule has 3 heteroatoms. The minimum atomic E-state index is -0.182. The largest absolute Gasteiger partial charge is 0.310 e. The lowest BCUT2D eigenvalue weighted by atomic mass is 9.77. The van der Waals surface area contributed by atoms with E-state index in [0.717, 1.165) is 13.0 Å². The van der Waals surface area contributed by atoms with Crippen LogP contribution in [0.4, 0.5) is 4.39 Å². The predicted molar refractivity (Wildman–Crippen MR) is 69.8 cm³/mol. The number of hydrogen-bond donors (Lipinski definition) is 1. The number of nitrogens with one attached hydrogen (secondary N) is 1. The molecule has 1 unspecified atom stereocenters. The van der Waals surface area contributed by atoms with Gasteiger partial charge >= 0.3 is 0 Å². The molecule has 94 valence electrons. The van der Waals surface area contributed by atoms with Crippen LogP contribution in [-0.4, -0.2) is 6.54 Å². The van der Waals surface area contributed by atoms with Gasteiger partial charge in [0, 0.05) is 16.6 Å². The van der Waals surface area contributed by atoms with Gasteiger partial charge in [0.1, 0.15) is 5.82 Å². The fourth-order valence-electron chi connectivity index (χ4n) is 2.39. The number of benzene rings is 1. The molecule has 0 saturated heterocycles. The van der Waals surface area contributed by atoms with E-state index in [1.54, 1.807) is 12.1 Å². The first kappa shape index (κ1) is 12.8. The van der Waals surface area contributed by atoms with Gasteiger partial charge in [-0.25, -0.2) is 4.39 Å². The smallest absolute Gasteiger partial charge is 0.129 e. The summed E-state index contributed by atoms with van der Waals surface area (Å²) in [6.45, 7) is 3.03. The summed E-state index contributed by atoms with van der Waals surface area (Å²) < 4.78 is 13.9. The van der Waals surface area contributed by atoms with Crippen LogP contribution in [-0.2, 0) is 0 Å². The topological polar surface area (TPSA) is 12.0 Å². The van der Waals surface area contributed by atoms with E-state index in [4.69, 9.17) is 11.6 Å². The first-order chi connectivity index (χ1) is 8.24. The highest BCUT2D eigenvalue weighted by molar-refractivity contribution is 6.31. The maximum atomic E-state index is 13.9. The standard InChI is InChI=1S/C14H19ClFN/c1-2-9-17-14(10-5-3-6-10)13-11(15)7-4-8-12(13)16/h4,7-8,10,14,17H,2-3,5-6,9H2,1H3.